The van der Waals surface area contributed by atoms with E-state index in [1.54, 1.807) is 19.1 Å². The van der Waals surface area contributed by atoms with Gasteiger partial charge in [0.25, 0.3) is 5.91 Å². The van der Waals surface area contributed by atoms with Crippen LogP contribution in [-0.4, -0.2) is 25.1 Å². The van der Waals surface area contributed by atoms with Gasteiger partial charge in [-0.05, 0) is 47.5 Å². The molecule has 0 saturated carbocycles. The van der Waals surface area contributed by atoms with E-state index in [9.17, 15) is 9.59 Å². The van der Waals surface area contributed by atoms with Gasteiger partial charge >= 0.3 is 5.97 Å². The van der Waals surface area contributed by atoms with Crippen LogP contribution in [0, 0.1) is 0 Å². The fourth-order valence-corrected chi connectivity index (χ4v) is 4.96. The van der Waals surface area contributed by atoms with E-state index in [0.717, 1.165) is 21.9 Å². The number of carbonyl (C=O) groups is 2. The lowest BCUT2D eigenvalue weighted by Crippen LogP contribution is -2.36. The Morgan fingerprint density at radius 1 is 0.947 bits per heavy atom. The zero-order chi connectivity index (χ0) is 26.6. The van der Waals surface area contributed by atoms with E-state index in [1.165, 1.54) is 6.07 Å². The van der Waals surface area contributed by atoms with E-state index in [4.69, 9.17) is 37.4 Å². The minimum atomic E-state index is -0.586. The van der Waals surface area contributed by atoms with Gasteiger partial charge in [-0.2, -0.15) is 0 Å². The van der Waals surface area contributed by atoms with Crippen molar-refractivity contribution in [3.63, 3.8) is 0 Å². The molecule has 192 valence electrons. The van der Waals surface area contributed by atoms with Crippen molar-refractivity contribution in [1.82, 2.24) is 5.32 Å². The summed E-state index contributed by atoms with van der Waals surface area (Å²) in [6, 6.07) is 26.0. The van der Waals surface area contributed by atoms with E-state index < -0.39 is 17.8 Å². The Morgan fingerprint density at radius 3 is 2.47 bits per heavy atom. The minimum Gasteiger partial charge on any atom is -0.482 e. The minimum absolute atomic E-state index is 0.00381. The Labute approximate surface area is 229 Å². The van der Waals surface area contributed by atoms with Crippen LogP contribution in [0.25, 0.3) is 10.8 Å². The second-order valence-corrected chi connectivity index (χ2v) is 9.36. The van der Waals surface area contributed by atoms with Crippen molar-refractivity contribution in [1.29, 1.82) is 0 Å². The maximum absolute atomic E-state index is 13.4. The smallest absolute Gasteiger partial charge is 0.340 e. The van der Waals surface area contributed by atoms with E-state index in [-0.39, 0.29) is 29.7 Å². The van der Waals surface area contributed by atoms with Crippen molar-refractivity contribution >= 4 is 45.9 Å². The van der Waals surface area contributed by atoms with Crippen LogP contribution >= 0.6 is 23.2 Å². The molecule has 1 aliphatic rings. The third-order valence-electron chi connectivity index (χ3n) is 6.10. The molecule has 0 saturated heterocycles. The highest BCUT2D eigenvalue weighted by Crippen LogP contribution is 2.46. The Kier molecular flexibility index (Phi) is 7.54. The third kappa shape index (κ3) is 5.19. The van der Waals surface area contributed by atoms with Crippen LogP contribution in [0.2, 0.25) is 10.0 Å². The zero-order valence-corrected chi connectivity index (χ0v) is 21.9. The van der Waals surface area contributed by atoms with E-state index >= 15 is 0 Å². The average Bonchev–Trinajstić information content (AvgIpc) is 2.92. The van der Waals surface area contributed by atoms with Crippen LogP contribution in [0.1, 0.15) is 24.0 Å². The molecule has 8 heteroatoms. The number of carbonyl (C=O) groups excluding carboxylic acids is 2. The monoisotopic (exact) mass is 547 g/mol. The molecule has 0 aliphatic carbocycles. The summed E-state index contributed by atoms with van der Waals surface area (Å²) in [5.74, 6) is -0.847. The molecular weight excluding hydrogens is 525 g/mol. The Bertz CT molecular complexity index is 1550. The molecule has 0 fully saturated rings. The van der Waals surface area contributed by atoms with Crippen LogP contribution in [0.3, 0.4) is 0 Å². The SMILES string of the molecule is CCOC(=O)C1=C(NC(=O)COc2ccc(Cl)cc2Cl)Oc2ccc3ccccc3c2C1c1ccccc1. The summed E-state index contributed by atoms with van der Waals surface area (Å²) in [7, 11) is 0. The average molecular weight is 548 g/mol. The van der Waals surface area contributed by atoms with Crippen LogP contribution in [0.4, 0.5) is 0 Å². The van der Waals surface area contributed by atoms with E-state index in [0.29, 0.717) is 16.5 Å². The van der Waals surface area contributed by atoms with Gasteiger partial charge in [-0.3, -0.25) is 10.1 Å². The molecular formula is C30H23Cl2NO5. The van der Waals surface area contributed by atoms with E-state index in [2.05, 4.69) is 5.32 Å². The zero-order valence-electron chi connectivity index (χ0n) is 20.4. The molecule has 4 aromatic rings. The second-order valence-electron chi connectivity index (χ2n) is 8.52. The number of ether oxygens (including phenoxy) is 3. The first-order valence-electron chi connectivity index (χ1n) is 12.0. The van der Waals surface area contributed by atoms with Gasteiger partial charge < -0.3 is 14.2 Å². The summed E-state index contributed by atoms with van der Waals surface area (Å²) in [4.78, 5) is 26.4. The third-order valence-corrected chi connectivity index (χ3v) is 6.63. The molecule has 0 bridgehead atoms. The highest BCUT2D eigenvalue weighted by atomic mass is 35.5. The maximum atomic E-state index is 13.4. The number of amides is 1. The van der Waals surface area contributed by atoms with Crippen molar-refractivity contribution < 1.29 is 23.8 Å². The predicted octanol–water partition coefficient (Wildman–Crippen LogP) is 6.64. The first-order chi connectivity index (χ1) is 18.5. The molecule has 1 heterocycles. The van der Waals surface area contributed by atoms with Crippen molar-refractivity contribution in [2.24, 2.45) is 0 Å². The van der Waals surface area contributed by atoms with Crippen LogP contribution < -0.4 is 14.8 Å². The fourth-order valence-electron chi connectivity index (χ4n) is 4.49. The summed E-state index contributed by atoms with van der Waals surface area (Å²) in [5, 5.41) is 5.38. The number of halogens is 2. The summed E-state index contributed by atoms with van der Waals surface area (Å²) < 4.78 is 17.2. The van der Waals surface area contributed by atoms with Gasteiger partial charge in [0.05, 0.1) is 17.5 Å². The van der Waals surface area contributed by atoms with Crippen molar-refractivity contribution in [2.75, 3.05) is 13.2 Å². The molecule has 0 spiro atoms. The van der Waals surface area contributed by atoms with Gasteiger partial charge in [-0.25, -0.2) is 4.79 Å². The van der Waals surface area contributed by atoms with Gasteiger partial charge in [0.1, 0.15) is 17.1 Å². The summed E-state index contributed by atoms with van der Waals surface area (Å²) in [6.45, 7) is 1.52. The molecule has 1 aliphatic heterocycles. The van der Waals surface area contributed by atoms with Crippen molar-refractivity contribution in [3.05, 3.63) is 118 Å². The van der Waals surface area contributed by atoms with Crippen LogP contribution in [-0.2, 0) is 14.3 Å². The molecule has 5 rings (SSSR count). The first kappa shape index (κ1) is 25.6. The van der Waals surface area contributed by atoms with Gasteiger partial charge in [-0.1, -0.05) is 83.9 Å². The number of benzene rings is 4. The van der Waals surface area contributed by atoms with Gasteiger partial charge in [0.15, 0.2) is 6.61 Å². The second kappa shape index (κ2) is 11.2. The molecule has 6 nitrogen and oxygen atoms in total. The van der Waals surface area contributed by atoms with Crippen LogP contribution in [0.15, 0.2) is 96.4 Å². The van der Waals surface area contributed by atoms with E-state index in [1.807, 2.05) is 66.7 Å². The first-order valence-corrected chi connectivity index (χ1v) is 12.7. The maximum Gasteiger partial charge on any atom is 0.340 e. The fraction of sp³-hybridized carbons (Fsp3) is 0.133. The Hall–Kier alpha value is -4.00. The topological polar surface area (TPSA) is 73.9 Å². The molecule has 0 radical (unpaired) electrons. The summed E-state index contributed by atoms with van der Waals surface area (Å²) in [6.07, 6.45) is 0. The van der Waals surface area contributed by atoms with Crippen molar-refractivity contribution in [2.45, 2.75) is 12.8 Å². The molecule has 1 unspecified atom stereocenters. The highest BCUT2D eigenvalue weighted by molar-refractivity contribution is 6.35. The summed E-state index contributed by atoms with van der Waals surface area (Å²) in [5.41, 5.74) is 1.87. The van der Waals surface area contributed by atoms with Gasteiger partial charge in [-0.15, -0.1) is 0 Å². The molecule has 1 N–H and O–H groups in total. The molecule has 4 aromatic carbocycles. The number of hydrogen-bond donors (Lipinski definition) is 1. The lowest BCUT2D eigenvalue weighted by molar-refractivity contribution is -0.139. The Morgan fingerprint density at radius 2 is 1.71 bits per heavy atom. The normalized spacial score (nSPS) is 14.4. The largest absolute Gasteiger partial charge is 0.482 e. The molecule has 1 atom stereocenters. The molecule has 38 heavy (non-hydrogen) atoms. The number of hydrogen-bond acceptors (Lipinski definition) is 5. The van der Waals surface area contributed by atoms with Gasteiger partial charge in [0, 0.05) is 10.6 Å². The van der Waals surface area contributed by atoms with Crippen molar-refractivity contribution in [3.8, 4) is 11.5 Å². The predicted molar refractivity (Wildman–Crippen MR) is 147 cm³/mol. The number of esters is 1. The number of nitrogens with one attached hydrogen (secondary N) is 1. The quantitative estimate of drug-likeness (QED) is 0.262. The van der Waals surface area contributed by atoms with Gasteiger partial charge in [0.2, 0.25) is 5.88 Å². The number of fused-ring (bicyclic) bond motifs is 3. The van der Waals surface area contributed by atoms with Crippen LogP contribution in [0.5, 0.6) is 11.5 Å². The Balaban J connectivity index is 1.57. The standard InChI is InChI=1S/C30H23Cl2NO5/c1-2-36-30(35)28-26(19-9-4-3-5-10-19)27-21-11-7-6-8-18(21)12-14-24(27)38-29(28)33-25(34)17-37-23-15-13-20(31)16-22(23)32/h3-16,26H,2,17H2,1H3,(H,33,34). The lowest BCUT2D eigenvalue weighted by atomic mass is 9.80. The molecule has 0 aromatic heterocycles. The lowest BCUT2D eigenvalue weighted by Gasteiger charge is -2.31. The highest BCUT2D eigenvalue weighted by Gasteiger charge is 2.38. The molecule has 1 amide bonds. The summed E-state index contributed by atoms with van der Waals surface area (Å²) >= 11 is 12.1. The number of rotatable bonds is 7.